The number of rotatable bonds is 5. The minimum Gasteiger partial charge on any atom is -0.351 e. The average molecular weight is 188 g/mol. The summed E-state index contributed by atoms with van der Waals surface area (Å²) in [6, 6.07) is 0. The maximum Gasteiger partial charge on any atom is 0.193 e. The smallest absolute Gasteiger partial charge is 0.193 e. The summed E-state index contributed by atoms with van der Waals surface area (Å²) in [5.41, 5.74) is 5.54. The summed E-state index contributed by atoms with van der Waals surface area (Å²) in [4.78, 5) is 2.30. The minimum absolute atomic E-state index is 0.353. The van der Waals surface area contributed by atoms with Gasteiger partial charge in [0.1, 0.15) is 0 Å². The molecule has 0 aromatic heterocycles. The quantitative estimate of drug-likeness (QED) is 0.611. The van der Waals surface area contributed by atoms with Crippen LogP contribution in [0, 0.1) is 5.92 Å². The summed E-state index contributed by atoms with van der Waals surface area (Å²) in [6.45, 7) is 5.63. The highest BCUT2D eigenvalue weighted by Crippen LogP contribution is 2.25. The van der Waals surface area contributed by atoms with Crippen LogP contribution in [0.4, 0.5) is 0 Å². The van der Waals surface area contributed by atoms with Crippen LogP contribution in [0.3, 0.4) is 0 Å². The van der Waals surface area contributed by atoms with Gasteiger partial charge in [-0.2, -0.15) is 0 Å². The molecule has 0 bridgehead atoms. The van der Waals surface area contributed by atoms with Crippen LogP contribution in [0.2, 0.25) is 0 Å². The molecule has 1 atom stereocenters. The van der Waals surface area contributed by atoms with Gasteiger partial charge in [-0.25, -0.2) is 0 Å². The molecule has 1 heterocycles. The Balaban J connectivity index is 2.24. The van der Waals surface area contributed by atoms with Gasteiger partial charge in [0.05, 0.1) is 13.1 Å². The van der Waals surface area contributed by atoms with Crippen LogP contribution in [-0.2, 0) is 9.47 Å². The Bertz CT molecular complexity index is 152. The third-order valence-electron chi connectivity index (χ3n) is 2.65. The van der Waals surface area contributed by atoms with Crippen LogP contribution in [0.25, 0.3) is 0 Å². The molecule has 1 aliphatic rings. The second-order valence-electron chi connectivity index (χ2n) is 3.83. The third kappa shape index (κ3) is 2.40. The summed E-state index contributed by atoms with van der Waals surface area (Å²) in [5, 5.41) is 0. The van der Waals surface area contributed by atoms with Crippen molar-refractivity contribution in [2.45, 2.75) is 12.7 Å². The maximum absolute atomic E-state index is 5.54. The third-order valence-corrected chi connectivity index (χ3v) is 2.65. The fourth-order valence-corrected chi connectivity index (χ4v) is 1.62. The Morgan fingerprint density at radius 1 is 1.38 bits per heavy atom. The van der Waals surface area contributed by atoms with Crippen LogP contribution in [0.15, 0.2) is 0 Å². The fraction of sp³-hybridized carbons (Fsp3) is 1.00. The molecule has 0 spiro atoms. The lowest BCUT2D eigenvalue weighted by Gasteiger charge is -2.48. The second-order valence-corrected chi connectivity index (χ2v) is 3.83. The van der Waals surface area contributed by atoms with Gasteiger partial charge >= 0.3 is 0 Å². The summed E-state index contributed by atoms with van der Waals surface area (Å²) in [6.07, 6.45) is 0. The van der Waals surface area contributed by atoms with E-state index in [9.17, 15) is 0 Å². The summed E-state index contributed by atoms with van der Waals surface area (Å²) < 4.78 is 10.5. The van der Waals surface area contributed by atoms with Crippen molar-refractivity contribution in [2.24, 2.45) is 11.7 Å². The summed E-state index contributed by atoms with van der Waals surface area (Å²) in [5.74, 6) is 0.195. The highest BCUT2D eigenvalue weighted by molar-refractivity contribution is 4.89. The summed E-state index contributed by atoms with van der Waals surface area (Å²) >= 11 is 0. The molecule has 0 aromatic rings. The summed E-state index contributed by atoms with van der Waals surface area (Å²) in [7, 11) is 3.38. The lowest BCUT2D eigenvalue weighted by Crippen LogP contribution is -2.64. The standard InChI is InChI=1S/C9H20N2O2/c1-8(4-10)5-11-6-9(7-11,12-2)13-3/h8H,4-7,10H2,1-3H3. The topological polar surface area (TPSA) is 47.7 Å². The highest BCUT2D eigenvalue weighted by atomic mass is 16.7. The van der Waals surface area contributed by atoms with E-state index in [1.807, 2.05) is 0 Å². The first-order valence-corrected chi connectivity index (χ1v) is 4.68. The van der Waals surface area contributed by atoms with E-state index in [1.54, 1.807) is 14.2 Å². The Labute approximate surface area is 80.0 Å². The van der Waals surface area contributed by atoms with E-state index in [2.05, 4.69) is 11.8 Å². The van der Waals surface area contributed by atoms with E-state index in [-0.39, 0.29) is 5.79 Å². The molecule has 0 saturated carbocycles. The largest absolute Gasteiger partial charge is 0.351 e. The molecular weight excluding hydrogens is 168 g/mol. The van der Waals surface area contributed by atoms with Gasteiger partial charge in [0.2, 0.25) is 0 Å². The molecule has 0 radical (unpaired) electrons. The van der Waals surface area contributed by atoms with E-state index < -0.39 is 0 Å². The van der Waals surface area contributed by atoms with E-state index in [0.29, 0.717) is 5.92 Å². The SMILES string of the molecule is COC1(OC)CN(CC(C)CN)C1. The number of likely N-dealkylation sites (tertiary alicyclic amines) is 1. The highest BCUT2D eigenvalue weighted by Gasteiger charge is 2.43. The van der Waals surface area contributed by atoms with Gasteiger partial charge < -0.3 is 15.2 Å². The Morgan fingerprint density at radius 3 is 2.31 bits per heavy atom. The molecule has 1 saturated heterocycles. The maximum atomic E-state index is 5.54. The van der Waals surface area contributed by atoms with Gasteiger partial charge in [0, 0.05) is 20.8 Å². The van der Waals surface area contributed by atoms with Crippen molar-refractivity contribution in [2.75, 3.05) is 40.4 Å². The fourth-order valence-electron chi connectivity index (χ4n) is 1.62. The number of hydrogen-bond acceptors (Lipinski definition) is 4. The first kappa shape index (κ1) is 10.9. The van der Waals surface area contributed by atoms with E-state index in [4.69, 9.17) is 15.2 Å². The van der Waals surface area contributed by atoms with Crippen molar-refractivity contribution >= 4 is 0 Å². The molecule has 4 heteroatoms. The van der Waals surface area contributed by atoms with Crippen molar-refractivity contribution in [3.63, 3.8) is 0 Å². The molecule has 0 aromatic carbocycles. The number of nitrogens with two attached hydrogens (primary N) is 1. The van der Waals surface area contributed by atoms with Crippen molar-refractivity contribution in [1.29, 1.82) is 0 Å². The molecule has 0 amide bonds. The van der Waals surface area contributed by atoms with E-state index in [0.717, 1.165) is 26.2 Å². The zero-order valence-corrected chi connectivity index (χ0v) is 8.75. The van der Waals surface area contributed by atoms with Crippen LogP contribution in [0.1, 0.15) is 6.92 Å². The first-order valence-electron chi connectivity index (χ1n) is 4.68. The van der Waals surface area contributed by atoms with Gasteiger partial charge in [0.15, 0.2) is 5.79 Å². The lowest BCUT2D eigenvalue weighted by atomic mass is 10.0. The van der Waals surface area contributed by atoms with Crippen molar-refractivity contribution in [3.8, 4) is 0 Å². The Morgan fingerprint density at radius 2 is 1.92 bits per heavy atom. The van der Waals surface area contributed by atoms with Gasteiger partial charge in [-0.3, -0.25) is 4.90 Å². The molecule has 1 rings (SSSR count). The van der Waals surface area contributed by atoms with Crippen molar-refractivity contribution < 1.29 is 9.47 Å². The predicted octanol–water partition coefficient (Wildman–Crippen LogP) is -0.114. The van der Waals surface area contributed by atoms with E-state index >= 15 is 0 Å². The predicted molar refractivity (Wildman–Crippen MR) is 51.4 cm³/mol. The molecule has 13 heavy (non-hydrogen) atoms. The average Bonchev–Trinajstić information content (AvgIpc) is 2.10. The molecule has 1 fully saturated rings. The van der Waals surface area contributed by atoms with Crippen molar-refractivity contribution in [3.05, 3.63) is 0 Å². The number of hydrogen-bond donors (Lipinski definition) is 1. The molecule has 4 nitrogen and oxygen atoms in total. The number of methoxy groups -OCH3 is 2. The lowest BCUT2D eigenvalue weighted by molar-refractivity contribution is -0.276. The van der Waals surface area contributed by atoms with Gasteiger partial charge in [-0.1, -0.05) is 6.92 Å². The van der Waals surface area contributed by atoms with Gasteiger partial charge in [-0.05, 0) is 12.5 Å². The zero-order valence-electron chi connectivity index (χ0n) is 8.75. The second kappa shape index (κ2) is 4.37. The number of ether oxygens (including phenoxy) is 2. The monoisotopic (exact) mass is 188 g/mol. The molecule has 78 valence electrons. The van der Waals surface area contributed by atoms with Gasteiger partial charge in [-0.15, -0.1) is 0 Å². The molecule has 2 N–H and O–H groups in total. The van der Waals surface area contributed by atoms with Crippen molar-refractivity contribution in [1.82, 2.24) is 4.90 Å². The van der Waals surface area contributed by atoms with Crippen LogP contribution in [0.5, 0.6) is 0 Å². The number of nitrogens with zero attached hydrogens (tertiary/aromatic N) is 1. The zero-order chi connectivity index (χ0) is 9.90. The normalized spacial score (nSPS) is 24.0. The van der Waals surface area contributed by atoms with E-state index in [1.165, 1.54) is 0 Å². The Kier molecular flexibility index (Phi) is 3.67. The molecule has 0 aliphatic carbocycles. The molecule has 1 aliphatic heterocycles. The van der Waals surface area contributed by atoms with Crippen LogP contribution in [-0.4, -0.2) is 51.1 Å². The van der Waals surface area contributed by atoms with Crippen LogP contribution >= 0.6 is 0 Å². The molecule has 1 unspecified atom stereocenters. The Hall–Kier alpha value is -0.160. The minimum atomic E-state index is -0.353. The van der Waals surface area contributed by atoms with Crippen LogP contribution < -0.4 is 5.73 Å². The molecular formula is C9H20N2O2. The van der Waals surface area contributed by atoms with Gasteiger partial charge in [0.25, 0.3) is 0 Å². The first-order chi connectivity index (χ1) is 6.15.